The largest absolute Gasteiger partial charge is 0.478 e. The fourth-order valence-electron chi connectivity index (χ4n) is 1.72. The summed E-state index contributed by atoms with van der Waals surface area (Å²) in [5.41, 5.74) is 1.16. The van der Waals surface area contributed by atoms with Gasteiger partial charge in [0, 0.05) is 13.6 Å². The monoisotopic (exact) mass is 249 g/mol. The zero-order valence-electron chi connectivity index (χ0n) is 11.1. The van der Waals surface area contributed by atoms with E-state index in [0.717, 1.165) is 18.4 Å². The molecule has 0 aromatic heterocycles. The van der Waals surface area contributed by atoms with Crippen LogP contribution in [0.3, 0.4) is 0 Å². The number of nitrogens with zero attached hydrogens (tertiary/aromatic N) is 1. The lowest BCUT2D eigenvalue weighted by Crippen LogP contribution is -2.29. The normalized spacial score (nSPS) is 10.2. The molecule has 0 bridgehead atoms. The van der Waals surface area contributed by atoms with Gasteiger partial charge in [-0.1, -0.05) is 25.0 Å². The number of carbonyl (C=O) groups is 2. The molecule has 1 aromatic rings. The molecule has 1 rings (SSSR count). The van der Waals surface area contributed by atoms with Crippen LogP contribution in [0, 0.1) is 6.92 Å². The van der Waals surface area contributed by atoms with Crippen LogP contribution in [0.1, 0.15) is 46.0 Å². The molecule has 0 saturated heterocycles. The van der Waals surface area contributed by atoms with E-state index in [1.54, 1.807) is 24.1 Å². The first kappa shape index (κ1) is 14.2. The maximum atomic E-state index is 12.1. The topological polar surface area (TPSA) is 57.6 Å². The average Bonchev–Trinajstić information content (AvgIpc) is 2.34. The lowest BCUT2D eigenvalue weighted by Gasteiger charge is -2.18. The molecule has 0 atom stereocenters. The molecular formula is C14H19NO3. The summed E-state index contributed by atoms with van der Waals surface area (Å²) in [5, 5.41) is 9.13. The Balaban J connectivity index is 3.01. The quantitative estimate of drug-likeness (QED) is 0.872. The number of carboxylic acid groups (broad SMARTS) is 1. The van der Waals surface area contributed by atoms with Gasteiger partial charge in [0.05, 0.1) is 11.1 Å². The number of carbonyl (C=O) groups excluding carboxylic acids is 1. The highest BCUT2D eigenvalue weighted by atomic mass is 16.4. The van der Waals surface area contributed by atoms with E-state index in [9.17, 15) is 9.59 Å². The van der Waals surface area contributed by atoms with Gasteiger partial charge in [-0.25, -0.2) is 4.79 Å². The summed E-state index contributed by atoms with van der Waals surface area (Å²) in [6, 6.07) is 4.88. The van der Waals surface area contributed by atoms with Crippen molar-refractivity contribution in [2.45, 2.75) is 26.7 Å². The molecule has 0 aliphatic carbocycles. The fourth-order valence-corrected chi connectivity index (χ4v) is 1.72. The SMILES string of the molecule is CCCCN(C)C(=O)c1ccc(C)cc1C(=O)O. The van der Waals surface area contributed by atoms with Gasteiger partial charge in [-0.3, -0.25) is 4.79 Å². The van der Waals surface area contributed by atoms with Crippen LogP contribution in [0.5, 0.6) is 0 Å². The highest BCUT2D eigenvalue weighted by molar-refractivity contribution is 6.04. The Kier molecular flexibility index (Phi) is 4.89. The van der Waals surface area contributed by atoms with E-state index in [4.69, 9.17) is 5.11 Å². The number of unbranched alkanes of at least 4 members (excludes halogenated alkanes) is 1. The van der Waals surface area contributed by atoms with Crippen LogP contribution in [-0.4, -0.2) is 35.5 Å². The predicted octanol–water partition coefficient (Wildman–Crippen LogP) is 2.57. The predicted molar refractivity (Wildman–Crippen MR) is 70.0 cm³/mol. The summed E-state index contributed by atoms with van der Waals surface area (Å²) < 4.78 is 0. The number of rotatable bonds is 5. The summed E-state index contributed by atoms with van der Waals surface area (Å²) in [5.74, 6) is -1.30. The highest BCUT2D eigenvalue weighted by Gasteiger charge is 2.19. The number of hydrogen-bond donors (Lipinski definition) is 1. The average molecular weight is 249 g/mol. The van der Waals surface area contributed by atoms with Crippen molar-refractivity contribution >= 4 is 11.9 Å². The Morgan fingerprint density at radius 1 is 1.28 bits per heavy atom. The Bertz CT molecular complexity index is 454. The minimum atomic E-state index is -1.06. The van der Waals surface area contributed by atoms with Crippen LogP contribution < -0.4 is 0 Å². The number of carboxylic acids is 1. The van der Waals surface area contributed by atoms with Crippen LogP contribution in [0.25, 0.3) is 0 Å². The molecule has 0 radical (unpaired) electrons. The third-order valence-corrected chi connectivity index (χ3v) is 2.83. The van der Waals surface area contributed by atoms with E-state index in [1.165, 1.54) is 6.07 Å². The molecule has 0 saturated carbocycles. The first-order valence-corrected chi connectivity index (χ1v) is 6.06. The molecule has 4 heteroatoms. The smallest absolute Gasteiger partial charge is 0.336 e. The molecule has 1 amide bonds. The Morgan fingerprint density at radius 3 is 2.50 bits per heavy atom. The number of hydrogen-bond acceptors (Lipinski definition) is 2. The van der Waals surface area contributed by atoms with Gasteiger partial charge in [0.25, 0.3) is 5.91 Å². The van der Waals surface area contributed by atoms with Crippen molar-refractivity contribution in [2.75, 3.05) is 13.6 Å². The Hall–Kier alpha value is -1.84. The molecule has 98 valence electrons. The minimum absolute atomic E-state index is 0.0725. The molecule has 0 aliphatic rings. The second-order valence-corrected chi connectivity index (χ2v) is 4.43. The van der Waals surface area contributed by atoms with Crippen LogP contribution in [0.2, 0.25) is 0 Å². The number of amides is 1. The summed E-state index contributed by atoms with van der Waals surface area (Å²) in [7, 11) is 1.70. The van der Waals surface area contributed by atoms with Crippen molar-refractivity contribution < 1.29 is 14.7 Å². The van der Waals surface area contributed by atoms with Crippen molar-refractivity contribution in [1.29, 1.82) is 0 Å². The van der Waals surface area contributed by atoms with Crippen molar-refractivity contribution in [2.24, 2.45) is 0 Å². The van der Waals surface area contributed by atoms with E-state index >= 15 is 0 Å². The number of aromatic carboxylic acids is 1. The van der Waals surface area contributed by atoms with Gasteiger partial charge in [-0.2, -0.15) is 0 Å². The van der Waals surface area contributed by atoms with E-state index < -0.39 is 5.97 Å². The zero-order chi connectivity index (χ0) is 13.7. The Labute approximate surface area is 107 Å². The second-order valence-electron chi connectivity index (χ2n) is 4.43. The molecule has 0 fully saturated rings. The maximum Gasteiger partial charge on any atom is 0.336 e. The third-order valence-electron chi connectivity index (χ3n) is 2.83. The lowest BCUT2D eigenvalue weighted by atomic mass is 10.0. The van der Waals surface area contributed by atoms with Gasteiger partial charge < -0.3 is 10.0 Å². The van der Waals surface area contributed by atoms with Crippen molar-refractivity contribution in [1.82, 2.24) is 4.90 Å². The van der Waals surface area contributed by atoms with Crippen molar-refractivity contribution in [3.05, 3.63) is 34.9 Å². The van der Waals surface area contributed by atoms with Gasteiger partial charge in [0.1, 0.15) is 0 Å². The molecule has 0 heterocycles. The van der Waals surface area contributed by atoms with Crippen LogP contribution in [0.4, 0.5) is 0 Å². The molecule has 1 N–H and O–H groups in total. The standard InChI is InChI=1S/C14H19NO3/c1-4-5-8-15(3)13(16)11-7-6-10(2)9-12(11)14(17)18/h6-7,9H,4-5,8H2,1-3H3,(H,17,18). The molecule has 0 unspecified atom stereocenters. The van der Waals surface area contributed by atoms with E-state index in [-0.39, 0.29) is 17.0 Å². The van der Waals surface area contributed by atoms with E-state index in [1.807, 2.05) is 13.8 Å². The molecule has 0 spiro atoms. The highest BCUT2D eigenvalue weighted by Crippen LogP contribution is 2.14. The first-order chi connectivity index (χ1) is 8.47. The third kappa shape index (κ3) is 3.32. The maximum absolute atomic E-state index is 12.1. The number of benzene rings is 1. The molecule has 1 aromatic carbocycles. The fraction of sp³-hybridized carbons (Fsp3) is 0.429. The lowest BCUT2D eigenvalue weighted by molar-refractivity contribution is 0.0681. The van der Waals surface area contributed by atoms with E-state index in [0.29, 0.717) is 6.54 Å². The van der Waals surface area contributed by atoms with Gasteiger partial charge in [0.2, 0.25) is 0 Å². The minimum Gasteiger partial charge on any atom is -0.478 e. The molecule has 4 nitrogen and oxygen atoms in total. The van der Waals surface area contributed by atoms with Crippen LogP contribution in [0.15, 0.2) is 18.2 Å². The van der Waals surface area contributed by atoms with Crippen LogP contribution in [-0.2, 0) is 0 Å². The van der Waals surface area contributed by atoms with Crippen molar-refractivity contribution in [3.63, 3.8) is 0 Å². The second kappa shape index (κ2) is 6.19. The molecule has 0 aliphatic heterocycles. The number of aryl methyl sites for hydroxylation is 1. The first-order valence-electron chi connectivity index (χ1n) is 6.06. The summed E-state index contributed by atoms with van der Waals surface area (Å²) in [4.78, 5) is 24.9. The van der Waals surface area contributed by atoms with E-state index in [2.05, 4.69) is 0 Å². The molecule has 18 heavy (non-hydrogen) atoms. The summed E-state index contributed by atoms with van der Waals surface area (Å²) in [6.07, 6.45) is 1.91. The van der Waals surface area contributed by atoms with Gasteiger partial charge in [-0.15, -0.1) is 0 Å². The van der Waals surface area contributed by atoms with Gasteiger partial charge >= 0.3 is 5.97 Å². The zero-order valence-corrected chi connectivity index (χ0v) is 11.1. The molecular weight excluding hydrogens is 230 g/mol. The summed E-state index contributed by atoms with van der Waals surface area (Å²) in [6.45, 7) is 4.50. The Morgan fingerprint density at radius 2 is 1.94 bits per heavy atom. The van der Waals surface area contributed by atoms with Crippen LogP contribution >= 0.6 is 0 Å². The van der Waals surface area contributed by atoms with Gasteiger partial charge in [0.15, 0.2) is 0 Å². The summed E-state index contributed by atoms with van der Waals surface area (Å²) >= 11 is 0. The van der Waals surface area contributed by atoms with Gasteiger partial charge in [-0.05, 0) is 25.5 Å². The van der Waals surface area contributed by atoms with Crippen molar-refractivity contribution in [3.8, 4) is 0 Å².